The fourth-order valence-electron chi connectivity index (χ4n) is 2.88. The van der Waals surface area contributed by atoms with E-state index in [0.29, 0.717) is 6.07 Å². The number of nitrogens with zero attached hydrogens (tertiary/aromatic N) is 1. The molecule has 1 aromatic carbocycles. The number of hydrogen-bond acceptors (Lipinski definition) is 1. The summed E-state index contributed by atoms with van der Waals surface area (Å²) in [5, 5.41) is 0. The average Bonchev–Trinajstić information content (AvgIpc) is 2.37. The van der Waals surface area contributed by atoms with Gasteiger partial charge in [-0.2, -0.15) is 13.2 Å². The molecule has 116 valence electrons. The first-order valence-electron chi connectivity index (χ1n) is 6.92. The van der Waals surface area contributed by atoms with Crippen LogP contribution in [-0.4, -0.2) is 22.9 Å². The first-order chi connectivity index (χ1) is 9.73. The Hall–Kier alpha value is -1.59. The number of alkyl halides is 3. The van der Waals surface area contributed by atoms with Crippen molar-refractivity contribution in [1.82, 2.24) is 4.90 Å². The van der Waals surface area contributed by atoms with Crippen molar-refractivity contribution in [1.29, 1.82) is 0 Å². The highest BCUT2D eigenvalue weighted by Crippen LogP contribution is 2.33. The van der Waals surface area contributed by atoms with Crippen molar-refractivity contribution in [3.05, 3.63) is 35.1 Å². The Labute approximate surface area is 120 Å². The molecule has 1 heterocycles. The van der Waals surface area contributed by atoms with Gasteiger partial charge in [-0.05, 0) is 45.2 Å². The predicted octanol–water partition coefficient (Wildman–Crippen LogP) is 4.25. The molecule has 1 aromatic rings. The monoisotopic (exact) mass is 303 g/mol. The Morgan fingerprint density at radius 3 is 2.29 bits per heavy atom. The van der Waals surface area contributed by atoms with Crippen molar-refractivity contribution in [3.8, 4) is 0 Å². The third kappa shape index (κ3) is 3.04. The fraction of sp³-hybridized carbons (Fsp3) is 0.533. The molecular formula is C15H17F4NO. The summed E-state index contributed by atoms with van der Waals surface area (Å²) in [6.07, 6.45) is -2.30. The van der Waals surface area contributed by atoms with E-state index in [1.807, 2.05) is 13.8 Å². The lowest BCUT2D eigenvalue weighted by molar-refractivity contribution is -0.140. The van der Waals surface area contributed by atoms with Crippen molar-refractivity contribution >= 4 is 5.91 Å². The quantitative estimate of drug-likeness (QED) is 0.710. The van der Waals surface area contributed by atoms with Crippen LogP contribution in [0.1, 0.15) is 49.0 Å². The van der Waals surface area contributed by atoms with Crippen LogP contribution in [0.25, 0.3) is 0 Å². The van der Waals surface area contributed by atoms with Crippen molar-refractivity contribution < 1.29 is 22.4 Å². The molecule has 0 bridgehead atoms. The topological polar surface area (TPSA) is 20.3 Å². The molecule has 0 spiro atoms. The number of hydrogen-bond donors (Lipinski definition) is 0. The maximum absolute atomic E-state index is 14.1. The Bertz CT molecular complexity index is 531. The first kappa shape index (κ1) is 15.8. The zero-order valence-electron chi connectivity index (χ0n) is 11.9. The molecule has 1 fully saturated rings. The zero-order chi connectivity index (χ0) is 15.8. The van der Waals surface area contributed by atoms with Crippen LogP contribution in [0.2, 0.25) is 0 Å². The van der Waals surface area contributed by atoms with Crippen molar-refractivity contribution in [3.63, 3.8) is 0 Å². The van der Waals surface area contributed by atoms with Gasteiger partial charge in [0.1, 0.15) is 5.82 Å². The van der Waals surface area contributed by atoms with E-state index in [-0.39, 0.29) is 12.1 Å². The summed E-state index contributed by atoms with van der Waals surface area (Å²) >= 11 is 0. The lowest BCUT2D eigenvalue weighted by Crippen LogP contribution is -2.47. The van der Waals surface area contributed by atoms with E-state index in [9.17, 15) is 22.4 Å². The molecular weight excluding hydrogens is 286 g/mol. The number of carbonyl (C=O) groups is 1. The molecule has 1 saturated heterocycles. The summed E-state index contributed by atoms with van der Waals surface area (Å²) in [5.41, 5.74) is -1.91. The third-order valence-electron chi connectivity index (χ3n) is 3.96. The van der Waals surface area contributed by atoms with Gasteiger partial charge in [0, 0.05) is 12.1 Å². The highest BCUT2D eigenvalue weighted by Gasteiger charge is 2.37. The number of benzene rings is 1. The van der Waals surface area contributed by atoms with Crippen LogP contribution >= 0.6 is 0 Å². The van der Waals surface area contributed by atoms with Crippen LogP contribution < -0.4 is 0 Å². The zero-order valence-corrected chi connectivity index (χ0v) is 11.9. The Morgan fingerprint density at radius 1 is 1.19 bits per heavy atom. The van der Waals surface area contributed by atoms with E-state index in [1.165, 1.54) is 4.90 Å². The van der Waals surface area contributed by atoms with Gasteiger partial charge >= 0.3 is 6.18 Å². The largest absolute Gasteiger partial charge is 0.419 e. The Morgan fingerprint density at radius 2 is 1.76 bits per heavy atom. The molecule has 0 unspecified atom stereocenters. The number of rotatable bonds is 1. The minimum absolute atomic E-state index is 0.102. The fourth-order valence-corrected chi connectivity index (χ4v) is 2.88. The number of amides is 1. The normalized spacial score (nSPS) is 23.2. The van der Waals surface area contributed by atoms with Crippen molar-refractivity contribution in [2.24, 2.45) is 0 Å². The highest BCUT2D eigenvalue weighted by atomic mass is 19.4. The SMILES string of the molecule is C[C@@H]1CCC[C@H](C)N1C(=O)c1cccc(C(F)(F)F)c1F. The van der Waals surface area contributed by atoms with Gasteiger partial charge in [0.05, 0.1) is 11.1 Å². The molecule has 0 radical (unpaired) electrons. The van der Waals surface area contributed by atoms with Crippen molar-refractivity contribution in [2.75, 3.05) is 0 Å². The lowest BCUT2D eigenvalue weighted by atomic mass is 9.96. The summed E-state index contributed by atoms with van der Waals surface area (Å²) in [5.74, 6) is -2.15. The molecule has 0 aromatic heterocycles. The molecule has 2 nitrogen and oxygen atoms in total. The summed E-state index contributed by atoms with van der Waals surface area (Å²) in [6.45, 7) is 3.66. The standard InChI is InChI=1S/C15H17F4NO/c1-9-5-3-6-10(2)20(9)14(21)11-7-4-8-12(13(11)16)15(17,18)19/h4,7-10H,3,5-6H2,1-2H3/t9-,10+. The van der Waals surface area contributed by atoms with E-state index in [1.54, 1.807) is 0 Å². The van der Waals surface area contributed by atoms with Gasteiger partial charge in [0.25, 0.3) is 5.91 Å². The first-order valence-corrected chi connectivity index (χ1v) is 6.92. The lowest BCUT2D eigenvalue weighted by Gasteiger charge is -2.39. The van der Waals surface area contributed by atoms with Gasteiger partial charge < -0.3 is 4.90 Å². The molecule has 21 heavy (non-hydrogen) atoms. The Balaban J connectivity index is 2.40. The molecule has 2 rings (SSSR count). The van der Waals surface area contributed by atoms with Crippen LogP contribution in [0.3, 0.4) is 0 Å². The van der Waals surface area contributed by atoms with Crippen molar-refractivity contribution in [2.45, 2.75) is 51.4 Å². The van der Waals surface area contributed by atoms with Gasteiger partial charge in [-0.1, -0.05) is 6.07 Å². The molecule has 1 amide bonds. The number of piperidine rings is 1. The molecule has 0 saturated carbocycles. The second kappa shape index (κ2) is 5.66. The summed E-state index contributed by atoms with van der Waals surface area (Å²) in [7, 11) is 0. The van der Waals surface area contributed by atoms with E-state index >= 15 is 0 Å². The molecule has 0 N–H and O–H groups in total. The summed E-state index contributed by atoms with van der Waals surface area (Å²) < 4.78 is 52.2. The van der Waals surface area contributed by atoms with Crippen LogP contribution in [0.5, 0.6) is 0 Å². The minimum atomic E-state index is -4.81. The maximum atomic E-state index is 14.1. The van der Waals surface area contributed by atoms with E-state index in [4.69, 9.17) is 0 Å². The Kier molecular flexibility index (Phi) is 4.25. The molecule has 6 heteroatoms. The molecule has 1 aliphatic rings. The smallest absolute Gasteiger partial charge is 0.333 e. The van der Waals surface area contributed by atoms with E-state index < -0.39 is 29.0 Å². The predicted molar refractivity (Wildman–Crippen MR) is 70.3 cm³/mol. The van der Waals surface area contributed by atoms with Crippen LogP contribution in [0.4, 0.5) is 17.6 Å². The third-order valence-corrected chi connectivity index (χ3v) is 3.96. The number of likely N-dealkylation sites (tertiary alicyclic amines) is 1. The number of halogens is 4. The molecule has 2 atom stereocenters. The number of carbonyl (C=O) groups excluding carboxylic acids is 1. The molecule has 0 aliphatic carbocycles. The second-order valence-corrected chi connectivity index (χ2v) is 5.51. The maximum Gasteiger partial charge on any atom is 0.419 e. The summed E-state index contributed by atoms with van der Waals surface area (Å²) in [4.78, 5) is 13.9. The second-order valence-electron chi connectivity index (χ2n) is 5.51. The molecule has 1 aliphatic heterocycles. The van der Waals surface area contributed by atoms with Gasteiger partial charge in [0.15, 0.2) is 0 Å². The van der Waals surface area contributed by atoms with Crippen LogP contribution in [0.15, 0.2) is 18.2 Å². The van der Waals surface area contributed by atoms with E-state index in [2.05, 4.69) is 0 Å². The minimum Gasteiger partial charge on any atom is -0.333 e. The van der Waals surface area contributed by atoms with E-state index in [0.717, 1.165) is 31.4 Å². The average molecular weight is 303 g/mol. The van der Waals surface area contributed by atoms with Crippen LogP contribution in [0, 0.1) is 5.82 Å². The van der Waals surface area contributed by atoms with Gasteiger partial charge in [-0.15, -0.1) is 0 Å². The summed E-state index contributed by atoms with van der Waals surface area (Å²) in [6, 6.07) is 2.62. The van der Waals surface area contributed by atoms with Gasteiger partial charge in [-0.25, -0.2) is 4.39 Å². The van der Waals surface area contributed by atoms with Gasteiger partial charge in [-0.3, -0.25) is 4.79 Å². The van der Waals surface area contributed by atoms with Gasteiger partial charge in [0.2, 0.25) is 0 Å². The highest BCUT2D eigenvalue weighted by molar-refractivity contribution is 5.95. The van der Waals surface area contributed by atoms with Crippen LogP contribution in [-0.2, 0) is 6.18 Å².